The summed E-state index contributed by atoms with van der Waals surface area (Å²) in [6.07, 6.45) is 2.46. The Bertz CT molecular complexity index is 179. The molecule has 0 aromatic heterocycles. The van der Waals surface area contributed by atoms with Gasteiger partial charge in [-0.15, -0.1) is 0 Å². The zero-order valence-corrected chi connectivity index (χ0v) is 7.17. The first kappa shape index (κ1) is 8.81. The summed E-state index contributed by atoms with van der Waals surface area (Å²) in [6.45, 7) is 1.72. The van der Waals surface area contributed by atoms with Crippen LogP contribution in [-0.4, -0.2) is 21.1 Å². The van der Waals surface area contributed by atoms with Crippen LogP contribution in [0, 0.1) is 5.92 Å². The van der Waals surface area contributed by atoms with E-state index in [0.29, 0.717) is 0 Å². The van der Waals surface area contributed by atoms with E-state index in [-0.39, 0.29) is 11.1 Å². The first-order valence-corrected chi connectivity index (χ1v) is 4.05. The first-order chi connectivity index (χ1) is 5.08. The van der Waals surface area contributed by atoms with Crippen molar-refractivity contribution in [1.82, 2.24) is 0 Å². The third kappa shape index (κ3) is 1.65. The van der Waals surface area contributed by atoms with Gasteiger partial charge in [0.05, 0.1) is 5.60 Å². The molecule has 4 heteroatoms. The molecule has 0 heterocycles. The molecule has 0 spiro atoms. The summed E-state index contributed by atoms with van der Waals surface area (Å²) in [4.78, 5) is 0. The molecule has 0 aromatic carbocycles. The molecule has 1 aliphatic rings. The fourth-order valence-corrected chi connectivity index (χ4v) is 1.94. The lowest BCUT2D eigenvalue weighted by Gasteiger charge is -2.23. The lowest BCUT2D eigenvalue weighted by molar-refractivity contribution is 0.0454. The molecular formula is C7H12ClNO2. The van der Waals surface area contributed by atoms with Gasteiger partial charge >= 0.3 is 0 Å². The van der Waals surface area contributed by atoms with Crippen molar-refractivity contribution < 1.29 is 10.3 Å². The minimum atomic E-state index is -0.788. The molecule has 1 fully saturated rings. The Morgan fingerprint density at radius 1 is 1.73 bits per heavy atom. The van der Waals surface area contributed by atoms with E-state index < -0.39 is 5.60 Å². The summed E-state index contributed by atoms with van der Waals surface area (Å²) in [6, 6.07) is 0. The number of nitrogens with zero attached hydrogens (tertiary/aromatic N) is 1. The van der Waals surface area contributed by atoms with E-state index in [1.807, 2.05) is 0 Å². The van der Waals surface area contributed by atoms with Crippen LogP contribution in [0.3, 0.4) is 0 Å². The Hall–Kier alpha value is -0.280. The second kappa shape index (κ2) is 2.99. The predicted octanol–water partition coefficient (Wildman–Crippen LogP) is 1.56. The van der Waals surface area contributed by atoms with Crippen molar-refractivity contribution in [3.8, 4) is 0 Å². The average Bonchev–Trinajstić information content (AvgIpc) is 2.28. The van der Waals surface area contributed by atoms with Crippen molar-refractivity contribution >= 4 is 16.8 Å². The highest BCUT2D eigenvalue weighted by Gasteiger charge is 2.39. The van der Waals surface area contributed by atoms with Crippen LogP contribution in [0.1, 0.15) is 26.2 Å². The number of hydrogen-bond donors (Lipinski definition) is 2. The highest BCUT2D eigenvalue weighted by molar-refractivity contribution is 6.65. The molecule has 0 saturated heterocycles. The summed E-state index contributed by atoms with van der Waals surface area (Å²) >= 11 is 5.60. The lowest BCUT2D eigenvalue weighted by atomic mass is 9.94. The highest BCUT2D eigenvalue weighted by atomic mass is 35.5. The molecule has 3 nitrogen and oxygen atoms in total. The molecule has 0 amide bonds. The van der Waals surface area contributed by atoms with Crippen LogP contribution in [0.4, 0.5) is 0 Å². The second-order valence-corrected chi connectivity index (χ2v) is 3.61. The molecule has 2 N–H and O–H groups in total. The smallest absolute Gasteiger partial charge is 0.151 e. The molecule has 0 unspecified atom stereocenters. The summed E-state index contributed by atoms with van der Waals surface area (Å²) in [7, 11) is 0. The van der Waals surface area contributed by atoms with Gasteiger partial charge in [-0.1, -0.05) is 16.8 Å². The van der Waals surface area contributed by atoms with Crippen LogP contribution in [0.2, 0.25) is 0 Å². The van der Waals surface area contributed by atoms with Crippen molar-refractivity contribution in [3.63, 3.8) is 0 Å². The van der Waals surface area contributed by atoms with Crippen LogP contribution in [-0.2, 0) is 0 Å². The largest absolute Gasteiger partial charge is 0.410 e. The molecule has 0 aromatic rings. The van der Waals surface area contributed by atoms with Crippen LogP contribution in [0.5, 0.6) is 0 Å². The van der Waals surface area contributed by atoms with E-state index in [1.165, 1.54) is 0 Å². The van der Waals surface area contributed by atoms with E-state index in [9.17, 15) is 5.11 Å². The van der Waals surface area contributed by atoms with Gasteiger partial charge in [-0.25, -0.2) is 0 Å². The first-order valence-electron chi connectivity index (χ1n) is 3.68. The number of aliphatic hydroxyl groups is 1. The van der Waals surface area contributed by atoms with E-state index in [4.69, 9.17) is 16.8 Å². The van der Waals surface area contributed by atoms with Gasteiger partial charge in [0.25, 0.3) is 0 Å². The number of oxime groups is 1. The Kier molecular flexibility index (Phi) is 2.40. The summed E-state index contributed by atoms with van der Waals surface area (Å²) < 4.78 is 0. The van der Waals surface area contributed by atoms with Crippen molar-refractivity contribution in [1.29, 1.82) is 0 Å². The van der Waals surface area contributed by atoms with Crippen LogP contribution in [0.25, 0.3) is 0 Å². The van der Waals surface area contributed by atoms with Crippen LogP contribution in [0.15, 0.2) is 5.16 Å². The Morgan fingerprint density at radius 2 is 2.36 bits per heavy atom. The third-order valence-corrected chi connectivity index (χ3v) is 2.65. The van der Waals surface area contributed by atoms with E-state index in [0.717, 1.165) is 19.3 Å². The van der Waals surface area contributed by atoms with Gasteiger partial charge in [0.1, 0.15) is 0 Å². The van der Waals surface area contributed by atoms with Gasteiger partial charge in [0.2, 0.25) is 0 Å². The van der Waals surface area contributed by atoms with E-state index in [2.05, 4.69) is 5.16 Å². The fourth-order valence-electron chi connectivity index (χ4n) is 1.59. The summed E-state index contributed by atoms with van der Waals surface area (Å²) in [5, 5.41) is 21.1. The molecule has 0 aliphatic heterocycles. The third-order valence-electron chi connectivity index (χ3n) is 2.31. The topological polar surface area (TPSA) is 52.8 Å². The second-order valence-electron chi connectivity index (χ2n) is 3.22. The van der Waals surface area contributed by atoms with Gasteiger partial charge in [0.15, 0.2) is 5.17 Å². The molecule has 1 saturated carbocycles. The molecule has 0 radical (unpaired) electrons. The molecule has 64 valence electrons. The van der Waals surface area contributed by atoms with Gasteiger partial charge in [0, 0.05) is 5.92 Å². The number of halogens is 1. The van der Waals surface area contributed by atoms with Gasteiger partial charge < -0.3 is 10.3 Å². The Balaban J connectivity index is 2.73. The highest BCUT2D eigenvalue weighted by Crippen LogP contribution is 2.36. The monoisotopic (exact) mass is 177 g/mol. The standard InChI is InChI=1S/C7H12ClNO2/c1-7(10)4-2-3-5(7)6(8)9-11/h5,10-11H,2-4H2,1H3/b9-6-/t5-,7+/m0/s1. The normalized spacial score (nSPS) is 39.5. The zero-order valence-electron chi connectivity index (χ0n) is 6.42. The molecule has 1 rings (SSSR count). The predicted molar refractivity (Wildman–Crippen MR) is 43.0 cm³/mol. The van der Waals surface area contributed by atoms with Gasteiger partial charge in [-0.3, -0.25) is 0 Å². The van der Waals surface area contributed by atoms with Crippen LogP contribution < -0.4 is 0 Å². The maximum absolute atomic E-state index is 9.68. The van der Waals surface area contributed by atoms with Crippen molar-refractivity contribution in [2.45, 2.75) is 31.8 Å². The maximum Gasteiger partial charge on any atom is 0.151 e. The van der Waals surface area contributed by atoms with Gasteiger partial charge in [-0.2, -0.15) is 0 Å². The van der Waals surface area contributed by atoms with Crippen LogP contribution >= 0.6 is 11.6 Å². The molecule has 2 atom stereocenters. The quantitative estimate of drug-likeness (QED) is 0.363. The SMILES string of the molecule is C[C@@]1(O)CCC[C@H]1/C(Cl)=N/O. The Labute approximate surface area is 70.7 Å². The van der Waals surface area contributed by atoms with E-state index >= 15 is 0 Å². The summed E-state index contributed by atoms with van der Waals surface area (Å²) in [5.74, 6) is -0.186. The average molecular weight is 178 g/mol. The van der Waals surface area contributed by atoms with Crippen molar-refractivity contribution in [3.05, 3.63) is 0 Å². The van der Waals surface area contributed by atoms with Crippen molar-refractivity contribution in [2.24, 2.45) is 11.1 Å². The molecule has 0 bridgehead atoms. The minimum absolute atomic E-state index is 0.118. The lowest BCUT2D eigenvalue weighted by Crippen LogP contribution is -2.32. The van der Waals surface area contributed by atoms with E-state index in [1.54, 1.807) is 6.92 Å². The Morgan fingerprint density at radius 3 is 2.73 bits per heavy atom. The number of rotatable bonds is 1. The number of hydrogen-bond acceptors (Lipinski definition) is 3. The molecular weight excluding hydrogens is 166 g/mol. The van der Waals surface area contributed by atoms with Gasteiger partial charge in [-0.05, 0) is 26.2 Å². The molecule has 1 aliphatic carbocycles. The minimum Gasteiger partial charge on any atom is -0.410 e. The summed E-state index contributed by atoms with van der Waals surface area (Å²) in [5.41, 5.74) is -0.788. The molecule has 11 heavy (non-hydrogen) atoms. The van der Waals surface area contributed by atoms with Crippen molar-refractivity contribution in [2.75, 3.05) is 0 Å². The zero-order chi connectivity index (χ0) is 8.48. The maximum atomic E-state index is 9.68. The fraction of sp³-hybridized carbons (Fsp3) is 0.857.